The van der Waals surface area contributed by atoms with Crippen molar-refractivity contribution >= 4 is 5.97 Å². The van der Waals surface area contributed by atoms with Crippen LogP contribution in [0.15, 0.2) is 18.4 Å². The molecule has 1 saturated carbocycles. The van der Waals surface area contributed by atoms with Gasteiger partial charge in [0.1, 0.15) is 0 Å². The molecule has 0 amide bonds. The SMILES string of the molecule is C=C=C[C@@H]1CC2(CCC1C(C#N)(C#N)CC#CCOC(C)=O)OCCO2. The highest BCUT2D eigenvalue weighted by atomic mass is 16.7. The third-order valence-corrected chi connectivity index (χ3v) is 4.92. The minimum absolute atomic E-state index is 0.0479. The molecular weight excluding hydrogens is 332 g/mol. The van der Waals surface area contributed by atoms with Crippen molar-refractivity contribution in [2.45, 2.75) is 38.4 Å². The molecule has 1 aliphatic carbocycles. The van der Waals surface area contributed by atoms with E-state index in [0.29, 0.717) is 32.5 Å². The fraction of sp³-hybridized carbons (Fsp3) is 0.600. The zero-order valence-electron chi connectivity index (χ0n) is 14.9. The van der Waals surface area contributed by atoms with Crippen LogP contribution in [0, 0.1) is 51.8 Å². The predicted octanol–water partition coefficient (Wildman–Crippen LogP) is 2.48. The van der Waals surface area contributed by atoms with Gasteiger partial charge in [0, 0.05) is 26.2 Å². The lowest BCUT2D eigenvalue weighted by Gasteiger charge is -2.43. The Morgan fingerprint density at radius 2 is 2.04 bits per heavy atom. The number of ether oxygens (including phenoxy) is 3. The molecule has 0 bridgehead atoms. The van der Waals surface area contributed by atoms with Gasteiger partial charge in [0.05, 0.1) is 25.4 Å². The molecule has 2 aliphatic rings. The number of carbonyl (C=O) groups is 1. The zero-order chi connectivity index (χ0) is 19.0. The van der Waals surface area contributed by atoms with E-state index < -0.39 is 17.2 Å². The Morgan fingerprint density at radius 3 is 2.62 bits per heavy atom. The second-order valence-corrected chi connectivity index (χ2v) is 6.50. The Hall–Kier alpha value is -2.55. The summed E-state index contributed by atoms with van der Waals surface area (Å²) in [7, 11) is 0. The highest BCUT2D eigenvalue weighted by Gasteiger charge is 2.51. The Morgan fingerprint density at radius 1 is 1.35 bits per heavy atom. The number of carbonyl (C=O) groups excluding carboxylic acids is 1. The third kappa shape index (κ3) is 4.34. The molecule has 0 N–H and O–H groups in total. The molecule has 2 rings (SSSR count). The van der Waals surface area contributed by atoms with Crippen molar-refractivity contribution < 1.29 is 19.0 Å². The molecule has 1 heterocycles. The quantitative estimate of drug-likeness (QED) is 0.437. The van der Waals surface area contributed by atoms with Crippen LogP contribution in [-0.2, 0) is 19.0 Å². The van der Waals surface area contributed by atoms with Crippen LogP contribution in [0.25, 0.3) is 0 Å². The zero-order valence-corrected chi connectivity index (χ0v) is 14.9. The first-order valence-corrected chi connectivity index (χ1v) is 8.56. The maximum atomic E-state index is 10.8. The van der Waals surface area contributed by atoms with Gasteiger partial charge in [0.25, 0.3) is 0 Å². The lowest BCUT2D eigenvalue weighted by atomic mass is 9.62. The van der Waals surface area contributed by atoms with Crippen LogP contribution in [0.1, 0.15) is 32.6 Å². The fourth-order valence-electron chi connectivity index (χ4n) is 3.68. The highest BCUT2D eigenvalue weighted by molar-refractivity contribution is 5.66. The average Bonchev–Trinajstić information content (AvgIpc) is 3.07. The molecule has 6 nitrogen and oxygen atoms in total. The van der Waals surface area contributed by atoms with E-state index in [1.165, 1.54) is 6.92 Å². The molecule has 1 saturated heterocycles. The molecule has 2 atom stereocenters. The minimum atomic E-state index is -1.26. The molecule has 1 unspecified atom stereocenters. The van der Waals surface area contributed by atoms with Crippen molar-refractivity contribution in [3.63, 3.8) is 0 Å². The van der Waals surface area contributed by atoms with E-state index in [-0.39, 0.29) is 24.9 Å². The van der Waals surface area contributed by atoms with Gasteiger partial charge >= 0.3 is 5.97 Å². The Labute approximate surface area is 154 Å². The maximum Gasteiger partial charge on any atom is 0.303 e. The van der Waals surface area contributed by atoms with Crippen LogP contribution in [-0.4, -0.2) is 31.6 Å². The monoisotopic (exact) mass is 354 g/mol. The number of esters is 1. The van der Waals surface area contributed by atoms with Gasteiger partial charge in [-0.1, -0.05) is 18.4 Å². The Balaban J connectivity index is 2.18. The molecular formula is C20H22N2O4. The van der Waals surface area contributed by atoms with Crippen LogP contribution in [0.4, 0.5) is 0 Å². The number of hydrogen-bond acceptors (Lipinski definition) is 6. The predicted molar refractivity (Wildman–Crippen MR) is 91.9 cm³/mol. The first-order valence-electron chi connectivity index (χ1n) is 8.56. The van der Waals surface area contributed by atoms with Crippen molar-refractivity contribution in [1.82, 2.24) is 0 Å². The maximum absolute atomic E-state index is 10.8. The number of allylic oxidation sites excluding steroid dienone is 1. The third-order valence-electron chi connectivity index (χ3n) is 4.92. The van der Waals surface area contributed by atoms with Crippen LogP contribution < -0.4 is 0 Å². The van der Waals surface area contributed by atoms with E-state index in [1.807, 2.05) is 0 Å². The smallest absolute Gasteiger partial charge is 0.303 e. The Bertz CT molecular complexity index is 708. The van der Waals surface area contributed by atoms with Crippen molar-refractivity contribution in [3.05, 3.63) is 18.4 Å². The summed E-state index contributed by atoms with van der Waals surface area (Å²) in [6.07, 6.45) is 3.68. The van der Waals surface area contributed by atoms with Crippen LogP contribution in [0.5, 0.6) is 0 Å². The molecule has 0 aromatic rings. The Kier molecular flexibility index (Phi) is 6.62. The van der Waals surface area contributed by atoms with Crippen molar-refractivity contribution in [1.29, 1.82) is 10.5 Å². The summed E-state index contributed by atoms with van der Waals surface area (Å²) in [6, 6.07) is 4.36. The van der Waals surface area contributed by atoms with Gasteiger partial charge in [-0.05, 0) is 24.3 Å². The number of rotatable bonds is 4. The summed E-state index contributed by atoms with van der Waals surface area (Å²) in [6.45, 7) is 6.00. The first-order chi connectivity index (χ1) is 12.5. The standard InChI is InChI=1S/C20H22N2O4/c1-3-6-17-13-20(25-11-12-26-20)9-7-18(17)19(14-21,15-22)8-4-5-10-24-16(2)23/h6,17-18H,1,7-13H2,2H3/t17-,18?/m1/s1. The second-order valence-electron chi connectivity index (χ2n) is 6.50. The summed E-state index contributed by atoms with van der Waals surface area (Å²) in [5.41, 5.74) is 1.52. The summed E-state index contributed by atoms with van der Waals surface area (Å²) in [5.74, 6) is 4.11. The molecule has 0 radical (unpaired) electrons. The van der Waals surface area contributed by atoms with Crippen molar-refractivity contribution in [3.8, 4) is 24.0 Å². The number of hydrogen-bond donors (Lipinski definition) is 0. The van der Waals surface area contributed by atoms with Crippen LogP contribution in [0.2, 0.25) is 0 Å². The van der Waals surface area contributed by atoms with Gasteiger partial charge in [-0.3, -0.25) is 4.79 Å². The number of nitrogens with zero attached hydrogens (tertiary/aromatic N) is 2. The average molecular weight is 354 g/mol. The molecule has 1 aliphatic heterocycles. The normalized spacial score (nSPS) is 23.7. The molecule has 1 spiro atoms. The van der Waals surface area contributed by atoms with E-state index in [1.54, 1.807) is 6.08 Å². The van der Waals surface area contributed by atoms with Gasteiger partial charge in [0.15, 0.2) is 17.8 Å². The molecule has 6 heteroatoms. The van der Waals surface area contributed by atoms with Crippen LogP contribution >= 0.6 is 0 Å². The summed E-state index contributed by atoms with van der Waals surface area (Å²) < 4.78 is 16.3. The van der Waals surface area contributed by atoms with Crippen molar-refractivity contribution in [2.24, 2.45) is 17.3 Å². The van der Waals surface area contributed by atoms with Gasteiger partial charge in [-0.2, -0.15) is 10.5 Å². The molecule has 136 valence electrons. The summed E-state index contributed by atoms with van der Waals surface area (Å²) in [4.78, 5) is 10.8. The largest absolute Gasteiger partial charge is 0.453 e. The topological polar surface area (TPSA) is 92.3 Å². The first kappa shape index (κ1) is 19.8. The second kappa shape index (κ2) is 8.70. The van der Waals surface area contributed by atoms with Crippen molar-refractivity contribution in [2.75, 3.05) is 19.8 Å². The van der Waals surface area contributed by atoms with E-state index in [4.69, 9.17) is 14.2 Å². The van der Waals surface area contributed by atoms with E-state index >= 15 is 0 Å². The molecule has 0 aromatic heterocycles. The van der Waals surface area contributed by atoms with E-state index in [9.17, 15) is 15.3 Å². The molecule has 26 heavy (non-hydrogen) atoms. The van der Waals surface area contributed by atoms with Gasteiger partial charge in [-0.25, -0.2) is 0 Å². The van der Waals surface area contributed by atoms with Gasteiger partial charge in [-0.15, -0.1) is 5.73 Å². The van der Waals surface area contributed by atoms with E-state index in [2.05, 4.69) is 36.3 Å². The van der Waals surface area contributed by atoms with E-state index in [0.717, 1.165) is 0 Å². The number of nitriles is 2. The minimum Gasteiger partial charge on any atom is -0.453 e. The highest BCUT2D eigenvalue weighted by Crippen LogP contribution is 2.49. The summed E-state index contributed by atoms with van der Waals surface area (Å²) >= 11 is 0. The lowest BCUT2D eigenvalue weighted by Crippen LogP contribution is -2.44. The molecule has 2 fully saturated rings. The van der Waals surface area contributed by atoms with Gasteiger partial charge < -0.3 is 14.2 Å². The fourth-order valence-corrected chi connectivity index (χ4v) is 3.68. The summed E-state index contributed by atoms with van der Waals surface area (Å²) in [5, 5.41) is 19.6. The van der Waals surface area contributed by atoms with Gasteiger partial charge in [0.2, 0.25) is 0 Å². The van der Waals surface area contributed by atoms with Crippen LogP contribution in [0.3, 0.4) is 0 Å². The lowest BCUT2D eigenvalue weighted by molar-refractivity contribution is -0.194. The molecule has 0 aromatic carbocycles.